The zero-order valence-corrected chi connectivity index (χ0v) is 16.1. The Morgan fingerprint density at radius 3 is 2.42 bits per heavy atom. The van der Waals surface area contributed by atoms with Crippen molar-refractivity contribution < 1.29 is 9.59 Å². The number of imide groups is 1. The molecule has 3 saturated heterocycles. The molecule has 0 atom stereocenters. The lowest BCUT2D eigenvalue weighted by Gasteiger charge is -2.37. The molecule has 0 saturated carbocycles. The highest BCUT2D eigenvalue weighted by molar-refractivity contribution is 7.09. The molecule has 4 rings (SSSR count). The van der Waals surface area contributed by atoms with Crippen molar-refractivity contribution in [2.75, 3.05) is 53.0 Å². The number of piperidine rings is 1. The summed E-state index contributed by atoms with van der Waals surface area (Å²) in [6, 6.07) is 4.04. The summed E-state index contributed by atoms with van der Waals surface area (Å²) < 4.78 is 0. The fourth-order valence-electron chi connectivity index (χ4n) is 4.06. The van der Waals surface area contributed by atoms with Crippen LogP contribution in [-0.4, -0.2) is 90.1 Å². The molecule has 3 amide bonds. The quantitative estimate of drug-likeness (QED) is 0.788. The molecule has 3 aliphatic heterocycles. The Bertz CT molecular complexity index is 649. The van der Waals surface area contributed by atoms with Crippen molar-refractivity contribution in [2.24, 2.45) is 0 Å². The van der Waals surface area contributed by atoms with Gasteiger partial charge in [0, 0.05) is 50.7 Å². The van der Waals surface area contributed by atoms with Gasteiger partial charge >= 0.3 is 6.03 Å². The monoisotopic (exact) mass is 377 g/mol. The van der Waals surface area contributed by atoms with Crippen molar-refractivity contribution in [1.82, 2.24) is 24.9 Å². The van der Waals surface area contributed by atoms with E-state index < -0.39 is 5.54 Å². The van der Waals surface area contributed by atoms with Crippen LogP contribution in [0.2, 0.25) is 0 Å². The van der Waals surface area contributed by atoms with E-state index in [1.165, 1.54) is 9.78 Å². The first-order chi connectivity index (χ1) is 12.6. The number of carbonyl (C=O) groups is 2. The summed E-state index contributed by atoms with van der Waals surface area (Å²) in [6.45, 7) is 6.81. The van der Waals surface area contributed by atoms with Crippen LogP contribution in [0, 0.1) is 0 Å². The summed E-state index contributed by atoms with van der Waals surface area (Å²) >= 11 is 1.79. The maximum absolute atomic E-state index is 12.9. The summed E-state index contributed by atoms with van der Waals surface area (Å²) in [5.41, 5.74) is -0.662. The van der Waals surface area contributed by atoms with Crippen molar-refractivity contribution in [2.45, 2.75) is 24.9 Å². The number of carbonyl (C=O) groups excluding carboxylic acids is 2. The number of thiophene rings is 1. The lowest BCUT2D eigenvalue weighted by Crippen LogP contribution is -2.55. The van der Waals surface area contributed by atoms with Crippen LogP contribution in [0.3, 0.4) is 0 Å². The highest BCUT2D eigenvalue weighted by Crippen LogP contribution is 2.29. The average Bonchev–Trinajstić information content (AvgIpc) is 3.22. The highest BCUT2D eigenvalue weighted by atomic mass is 32.1. The van der Waals surface area contributed by atoms with Crippen LogP contribution >= 0.6 is 11.3 Å². The van der Waals surface area contributed by atoms with Gasteiger partial charge in [-0.15, -0.1) is 11.3 Å². The molecule has 0 bridgehead atoms. The van der Waals surface area contributed by atoms with Gasteiger partial charge in [0.05, 0.1) is 6.67 Å². The number of nitrogens with one attached hydrogen (secondary N) is 1. The van der Waals surface area contributed by atoms with E-state index in [-0.39, 0.29) is 11.9 Å². The first-order valence-corrected chi connectivity index (χ1v) is 10.2. The molecular formula is C18H27N5O2S. The van der Waals surface area contributed by atoms with E-state index in [9.17, 15) is 9.59 Å². The molecule has 0 aromatic carbocycles. The molecule has 26 heavy (non-hydrogen) atoms. The summed E-state index contributed by atoms with van der Waals surface area (Å²) in [5, 5.41) is 5.11. The molecule has 1 N–H and O–H groups in total. The molecule has 0 unspecified atom stereocenters. The van der Waals surface area contributed by atoms with E-state index >= 15 is 0 Å². The minimum Gasteiger partial charge on any atom is -0.323 e. The number of amides is 3. The van der Waals surface area contributed by atoms with Gasteiger partial charge in [-0.25, -0.2) is 9.69 Å². The Balaban J connectivity index is 1.30. The van der Waals surface area contributed by atoms with Gasteiger partial charge in [-0.2, -0.15) is 0 Å². The topological polar surface area (TPSA) is 59.1 Å². The van der Waals surface area contributed by atoms with Crippen LogP contribution in [0.25, 0.3) is 0 Å². The summed E-state index contributed by atoms with van der Waals surface area (Å²) in [5.74, 6) is -0.0309. The fourth-order valence-corrected chi connectivity index (χ4v) is 4.80. The molecule has 0 radical (unpaired) electrons. The van der Waals surface area contributed by atoms with E-state index in [0.29, 0.717) is 19.5 Å². The Morgan fingerprint density at radius 2 is 1.77 bits per heavy atom. The van der Waals surface area contributed by atoms with E-state index in [2.05, 4.69) is 44.6 Å². The number of nitrogens with zero attached hydrogens (tertiary/aromatic N) is 4. The smallest absolute Gasteiger partial charge is 0.323 e. The molecule has 3 fully saturated rings. The third-order valence-electron chi connectivity index (χ3n) is 5.85. The van der Waals surface area contributed by atoms with Crippen molar-refractivity contribution in [3.8, 4) is 0 Å². The van der Waals surface area contributed by atoms with Gasteiger partial charge in [-0.1, -0.05) is 6.07 Å². The van der Waals surface area contributed by atoms with Crippen LogP contribution in [0.1, 0.15) is 17.7 Å². The molecule has 7 nitrogen and oxygen atoms in total. The number of likely N-dealkylation sites (tertiary alicyclic amines) is 1. The van der Waals surface area contributed by atoms with Crippen molar-refractivity contribution in [3.63, 3.8) is 0 Å². The van der Waals surface area contributed by atoms with Gasteiger partial charge in [-0.3, -0.25) is 14.6 Å². The molecule has 1 spiro atoms. The first-order valence-electron chi connectivity index (χ1n) is 9.35. The number of piperazine rings is 1. The maximum atomic E-state index is 12.9. The molecule has 3 aliphatic rings. The number of hydrogen-bond acceptors (Lipinski definition) is 6. The van der Waals surface area contributed by atoms with Crippen LogP contribution in [0.5, 0.6) is 0 Å². The minimum atomic E-state index is -0.662. The second kappa shape index (κ2) is 7.26. The second-order valence-corrected chi connectivity index (χ2v) is 8.70. The first kappa shape index (κ1) is 17.9. The Morgan fingerprint density at radius 1 is 1.08 bits per heavy atom. The molecule has 1 aromatic heterocycles. The van der Waals surface area contributed by atoms with Crippen LogP contribution in [-0.2, 0) is 11.3 Å². The Hall–Kier alpha value is -1.48. The summed E-state index contributed by atoms with van der Waals surface area (Å²) in [7, 11) is 2.06. The van der Waals surface area contributed by atoms with Crippen molar-refractivity contribution in [3.05, 3.63) is 22.4 Å². The zero-order chi connectivity index (χ0) is 18.1. The lowest BCUT2D eigenvalue weighted by molar-refractivity contribution is -0.134. The van der Waals surface area contributed by atoms with E-state index in [1.54, 1.807) is 11.3 Å². The van der Waals surface area contributed by atoms with Crippen molar-refractivity contribution in [1.29, 1.82) is 0 Å². The summed E-state index contributed by atoms with van der Waals surface area (Å²) in [6.07, 6.45) is 1.42. The Labute approximate surface area is 158 Å². The van der Waals surface area contributed by atoms with Gasteiger partial charge in [0.1, 0.15) is 5.54 Å². The van der Waals surface area contributed by atoms with Gasteiger partial charge < -0.3 is 10.2 Å². The average molecular weight is 378 g/mol. The predicted octanol–water partition coefficient (Wildman–Crippen LogP) is 0.839. The van der Waals surface area contributed by atoms with Crippen molar-refractivity contribution >= 4 is 23.3 Å². The molecule has 4 heterocycles. The Kier molecular flexibility index (Phi) is 5.00. The molecule has 142 valence electrons. The van der Waals surface area contributed by atoms with E-state index in [0.717, 1.165) is 45.8 Å². The van der Waals surface area contributed by atoms with Gasteiger partial charge in [0.15, 0.2) is 0 Å². The number of hydrogen-bond donors (Lipinski definition) is 1. The number of rotatable bonds is 4. The third kappa shape index (κ3) is 3.51. The SMILES string of the molecule is CN1CCC2(CC1)NC(=O)N(CN1CCN(Cc3cccs3)CC1)C2=O. The lowest BCUT2D eigenvalue weighted by atomic mass is 9.88. The molecule has 0 aliphatic carbocycles. The zero-order valence-electron chi connectivity index (χ0n) is 15.3. The minimum absolute atomic E-state index is 0.0309. The van der Waals surface area contributed by atoms with Crippen LogP contribution < -0.4 is 5.32 Å². The number of urea groups is 1. The fraction of sp³-hybridized carbons (Fsp3) is 0.667. The molecule has 8 heteroatoms. The third-order valence-corrected chi connectivity index (χ3v) is 6.71. The second-order valence-electron chi connectivity index (χ2n) is 7.66. The standard InChI is InChI=1S/C18H27N5O2S/c1-20-6-4-18(5-7-20)16(24)23(17(25)19-18)14-22-10-8-21(9-11-22)13-15-3-2-12-26-15/h2-3,12H,4-11,13-14H2,1H3,(H,19,25). The van der Waals surface area contributed by atoms with E-state index in [1.807, 2.05) is 0 Å². The largest absolute Gasteiger partial charge is 0.326 e. The maximum Gasteiger partial charge on any atom is 0.326 e. The van der Waals surface area contributed by atoms with Gasteiger partial charge in [0.2, 0.25) is 0 Å². The molecular weight excluding hydrogens is 350 g/mol. The van der Waals surface area contributed by atoms with E-state index in [4.69, 9.17) is 0 Å². The normalized spacial score (nSPS) is 25.2. The molecule has 1 aromatic rings. The van der Waals surface area contributed by atoms with Crippen LogP contribution in [0.15, 0.2) is 17.5 Å². The van der Waals surface area contributed by atoms with Gasteiger partial charge in [-0.05, 0) is 31.3 Å². The van der Waals surface area contributed by atoms with Gasteiger partial charge in [0.25, 0.3) is 5.91 Å². The van der Waals surface area contributed by atoms with Crippen LogP contribution in [0.4, 0.5) is 4.79 Å². The summed E-state index contributed by atoms with van der Waals surface area (Å²) in [4.78, 5) is 35.1. The predicted molar refractivity (Wildman–Crippen MR) is 101 cm³/mol. The highest BCUT2D eigenvalue weighted by Gasteiger charge is 2.52.